The molecule has 4 atom stereocenters. The zero-order valence-corrected chi connectivity index (χ0v) is 19.8. The predicted octanol–water partition coefficient (Wildman–Crippen LogP) is 0.279. The van der Waals surface area contributed by atoms with E-state index in [1.165, 1.54) is 12.0 Å². The molecule has 1 aromatic heterocycles. The third kappa shape index (κ3) is 4.20. The Kier molecular flexibility index (Phi) is 6.70. The molecular weight excluding hydrogens is 454 g/mol. The number of carbonyl (C=O) groups excluding carboxylic acids is 4. The summed E-state index contributed by atoms with van der Waals surface area (Å²) in [7, 11) is 1.53. The number of nitrogens with two attached hydrogens (primary N) is 2. The number of aromatic nitrogens is 1. The molecule has 2 aromatic rings. The lowest BCUT2D eigenvalue weighted by molar-refractivity contribution is -0.140. The van der Waals surface area contributed by atoms with Gasteiger partial charge in [0.1, 0.15) is 17.0 Å². The molecule has 2 aliphatic heterocycles. The van der Waals surface area contributed by atoms with Crippen LogP contribution in [-0.4, -0.2) is 72.0 Å². The van der Waals surface area contributed by atoms with Crippen LogP contribution in [0.4, 0.5) is 0 Å². The highest BCUT2D eigenvalue weighted by molar-refractivity contribution is 6.04. The van der Waals surface area contributed by atoms with Crippen LogP contribution in [0.25, 0.3) is 10.9 Å². The third-order valence-electron chi connectivity index (χ3n) is 7.16. The number of H-pyrrole nitrogens is 1. The molecule has 0 aliphatic carbocycles. The van der Waals surface area contributed by atoms with Gasteiger partial charge in [0.05, 0.1) is 19.1 Å². The Hall–Kier alpha value is -3.60. The minimum atomic E-state index is -1.74. The number of likely N-dealkylation sites (tertiary alicyclic amines) is 1. The van der Waals surface area contributed by atoms with E-state index < -0.39 is 41.2 Å². The molecule has 2 aliphatic rings. The van der Waals surface area contributed by atoms with Crippen LogP contribution in [0, 0.1) is 11.8 Å². The number of methoxy groups -OCH3 is 1. The lowest BCUT2D eigenvalue weighted by Gasteiger charge is -2.40. The van der Waals surface area contributed by atoms with Gasteiger partial charge < -0.3 is 36.1 Å². The summed E-state index contributed by atoms with van der Waals surface area (Å²) in [5.74, 6) is -3.48. The summed E-state index contributed by atoms with van der Waals surface area (Å²) in [5, 5.41) is 3.42. The van der Waals surface area contributed by atoms with Crippen molar-refractivity contribution < 1.29 is 28.7 Å². The number of primary amides is 2. The first-order valence-electron chi connectivity index (χ1n) is 11.7. The van der Waals surface area contributed by atoms with Gasteiger partial charge in [-0.3, -0.25) is 19.2 Å². The molecular formula is C24H31N5O6. The van der Waals surface area contributed by atoms with E-state index >= 15 is 0 Å². The van der Waals surface area contributed by atoms with E-state index in [-0.39, 0.29) is 31.0 Å². The smallest absolute Gasteiger partial charge is 0.271 e. The number of amides is 4. The topological polar surface area (TPSA) is 170 Å². The van der Waals surface area contributed by atoms with Gasteiger partial charge in [-0.2, -0.15) is 0 Å². The van der Waals surface area contributed by atoms with E-state index in [9.17, 15) is 19.2 Å². The van der Waals surface area contributed by atoms with Crippen molar-refractivity contribution in [1.82, 2.24) is 15.2 Å². The Morgan fingerprint density at radius 2 is 2.06 bits per heavy atom. The molecule has 2 fully saturated rings. The van der Waals surface area contributed by atoms with Gasteiger partial charge in [-0.25, -0.2) is 0 Å². The lowest BCUT2D eigenvalue weighted by Crippen LogP contribution is -2.63. The van der Waals surface area contributed by atoms with Gasteiger partial charge in [0.25, 0.3) is 5.91 Å². The molecule has 35 heavy (non-hydrogen) atoms. The summed E-state index contributed by atoms with van der Waals surface area (Å²) >= 11 is 0. The number of ether oxygens (including phenoxy) is 2. The molecule has 4 amide bonds. The molecule has 4 rings (SSSR count). The van der Waals surface area contributed by atoms with Crippen molar-refractivity contribution in [3.63, 3.8) is 0 Å². The minimum absolute atomic E-state index is 0.00720. The van der Waals surface area contributed by atoms with Gasteiger partial charge in [-0.15, -0.1) is 0 Å². The fraction of sp³-hybridized carbons (Fsp3) is 0.500. The number of hydrogen-bond donors (Lipinski definition) is 4. The van der Waals surface area contributed by atoms with E-state index in [1.807, 2.05) is 0 Å². The second kappa shape index (κ2) is 9.57. The van der Waals surface area contributed by atoms with Crippen LogP contribution >= 0.6 is 0 Å². The maximum absolute atomic E-state index is 13.9. The molecule has 2 unspecified atom stereocenters. The number of hydrogen-bond acceptors (Lipinski definition) is 6. The molecule has 188 valence electrons. The second-order valence-electron chi connectivity index (χ2n) is 9.06. The summed E-state index contributed by atoms with van der Waals surface area (Å²) in [5.41, 5.74) is 10.9. The molecule has 0 bridgehead atoms. The maximum atomic E-state index is 13.9. The normalized spacial score (nSPS) is 25.0. The molecule has 11 nitrogen and oxygen atoms in total. The van der Waals surface area contributed by atoms with Crippen LogP contribution < -0.4 is 21.5 Å². The van der Waals surface area contributed by atoms with Gasteiger partial charge in [0.15, 0.2) is 0 Å². The Labute approximate surface area is 202 Å². The van der Waals surface area contributed by atoms with E-state index in [4.69, 9.17) is 20.9 Å². The van der Waals surface area contributed by atoms with Gasteiger partial charge in [0, 0.05) is 42.9 Å². The lowest BCUT2D eigenvalue weighted by atomic mass is 9.74. The van der Waals surface area contributed by atoms with E-state index in [2.05, 4.69) is 10.3 Å². The number of nitrogens with one attached hydrogen (secondary N) is 2. The zero-order chi connectivity index (χ0) is 25.3. The zero-order valence-electron chi connectivity index (χ0n) is 19.8. The summed E-state index contributed by atoms with van der Waals surface area (Å²) in [6.07, 6.45) is -0.0161. The summed E-state index contributed by atoms with van der Waals surface area (Å²) in [6.45, 7) is 2.66. The van der Waals surface area contributed by atoms with Crippen LogP contribution in [0.15, 0.2) is 24.3 Å². The molecule has 6 N–H and O–H groups in total. The fourth-order valence-electron chi connectivity index (χ4n) is 5.50. The van der Waals surface area contributed by atoms with Gasteiger partial charge in [0.2, 0.25) is 17.7 Å². The summed E-state index contributed by atoms with van der Waals surface area (Å²) < 4.78 is 11.2. The highest BCUT2D eigenvalue weighted by Crippen LogP contribution is 2.42. The van der Waals surface area contributed by atoms with Crippen molar-refractivity contribution in [1.29, 1.82) is 0 Å². The first kappa shape index (κ1) is 24.5. The number of aromatic amines is 1. The van der Waals surface area contributed by atoms with Crippen molar-refractivity contribution in [2.24, 2.45) is 23.3 Å². The van der Waals surface area contributed by atoms with Crippen LogP contribution in [0.5, 0.6) is 5.75 Å². The summed E-state index contributed by atoms with van der Waals surface area (Å²) in [6, 6.07) is 7.00. The van der Waals surface area contributed by atoms with Gasteiger partial charge >= 0.3 is 0 Å². The number of nitrogens with zero attached hydrogens (tertiary/aromatic N) is 1. The highest BCUT2D eigenvalue weighted by Gasteiger charge is 2.60. The quantitative estimate of drug-likeness (QED) is 0.397. The Morgan fingerprint density at radius 3 is 2.66 bits per heavy atom. The number of carbonyl (C=O) groups is 4. The Bertz CT molecular complexity index is 1160. The minimum Gasteiger partial charge on any atom is -0.496 e. The van der Waals surface area contributed by atoms with Crippen molar-refractivity contribution in [2.45, 2.75) is 37.8 Å². The van der Waals surface area contributed by atoms with Gasteiger partial charge in [-0.05, 0) is 38.0 Å². The number of fused-ring (bicyclic) bond motifs is 1. The van der Waals surface area contributed by atoms with Crippen molar-refractivity contribution in [2.75, 3.05) is 26.8 Å². The molecule has 0 spiro atoms. The first-order chi connectivity index (χ1) is 16.7. The molecule has 2 saturated heterocycles. The van der Waals surface area contributed by atoms with Crippen LogP contribution in [-0.2, 0) is 19.1 Å². The monoisotopic (exact) mass is 485 g/mol. The van der Waals surface area contributed by atoms with Crippen LogP contribution in [0.2, 0.25) is 0 Å². The third-order valence-corrected chi connectivity index (χ3v) is 7.16. The van der Waals surface area contributed by atoms with Gasteiger partial charge in [-0.1, -0.05) is 6.07 Å². The molecule has 11 heteroatoms. The predicted molar refractivity (Wildman–Crippen MR) is 126 cm³/mol. The number of benzene rings is 1. The molecule has 3 heterocycles. The maximum Gasteiger partial charge on any atom is 0.271 e. The van der Waals surface area contributed by atoms with Crippen molar-refractivity contribution >= 4 is 34.5 Å². The highest BCUT2D eigenvalue weighted by atomic mass is 16.5. The SMILES string of the molecule is CCOC1CN(C(=O)c2cc3c(OC)cccc3[nH]2)C(C(N)=O)([C@H](C[C@H]2CCNC2=O)C(N)=O)C1. The van der Waals surface area contributed by atoms with E-state index in [0.29, 0.717) is 36.2 Å². The fourth-order valence-corrected chi connectivity index (χ4v) is 5.50. The summed E-state index contributed by atoms with van der Waals surface area (Å²) in [4.78, 5) is 56.4. The largest absolute Gasteiger partial charge is 0.496 e. The molecule has 0 radical (unpaired) electrons. The van der Waals surface area contributed by atoms with Crippen molar-refractivity contribution in [3.05, 3.63) is 30.0 Å². The standard InChI is InChI=1S/C24H31N5O6/c1-3-35-14-11-24(23(26)33,16(20(25)30)9-13-7-8-27-21(13)31)29(12-14)22(32)18-10-15-17(28-18)5-4-6-19(15)34-2/h4-6,10,13-14,16,28H,3,7-9,11-12H2,1-2H3,(H2,25,30)(H2,26,33)(H,27,31)/t13-,14?,16-,24?/m1/s1. The second-order valence-corrected chi connectivity index (χ2v) is 9.06. The van der Waals surface area contributed by atoms with E-state index in [1.54, 1.807) is 31.2 Å². The Balaban J connectivity index is 1.79. The average Bonchev–Trinajstić information content (AvgIpc) is 3.53. The first-order valence-corrected chi connectivity index (χ1v) is 11.7. The van der Waals surface area contributed by atoms with Crippen LogP contribution in [0.3, 0.4) is 0 Å². The van der Waals surface area contributed by atoms with Crippen LogP contribution in [0.1, 0.15) is 36.7 Å². The molecule has 1 aromatic carbocycles. The number of rotatable bonds is 9. The van der Waals surface area contributed by atoms with Crippen molar-refractivity contribution in [3.8, 4) is 5.75 Å². The average molecular weight is 486 g/mol. The van der Waals surface area contributed by atoms with E-state index in [0.717, 1.165) is 0 Å². The molecule has 0 saturated carbocycles. The Morgan fingerprint density at radius 1 is 1.29 bits per heavy atom.